The summed E-state index contributed by atoms with van der Waals surface area (Å²) in [5.74, 6) is 0.599. The minimum atomic E-state index is 0.0772. The van der Waals surface area contributed by atoms with E-state index >= 15 is 0 Å². The van der Waals surface area contributed by atoms with E-state index in [0.717, 1.165) is 38.0 Å². The average Bonchev–Trinajstić information content (AvgIpc) is 2.96. The number of nitrogens with one attached hydrogen (secondary N) is 1. The second kappa shape index (κ2) is 7.51. The molecule has 1 aliphatic rings. The molecule has 1 N–H and O–H groups in total. The van der Waals surface area contributed by atoms with Crippen LogP contribution in [-0.4, -0.2) is 26.4 Å². The maximum absolute atomic E-state index is 6.40. The highest BCUT2D eigenvalue weighted by Gasteiger charge is 2.29. The lowest BCUT2D eigenvalue weighted by molar-refractivity contribution is 0.0783. The van der Waals surface area contributed by atoms with Gasteiger partial charge in [0.15, 0.2) is 0 Å². The van der Waals surface area contributed by atoms with Gasteiger partial charge in [-0.1, -0.05) is 30.1 Å². The molecule has 112 valence electrons. The summed E-state index contributed by atoms with van der Waals surface area (Å²) in [7, 11) is 1.59. The molecule has 1 aromatic rings. The van der Waals surface area contributed by atoms with E-state index < -0.39 is 0 Å². The Morgan fingerprint density at radius 3 is 2.80 bits per heavy atom. The largest absolute Gasteiger partial charge is 0.495 e. The number of ether oxygens (including phenoxy) is 2. The van der Waals surface area contributed by atoms with Crippen molar-refractivity contribution in [3.8, 4) is 5.75 Å². The van der Waals surface area contributed by atoms with Crippen LogP contribution in [0.1, 0.15) is 37.8 Å². The van der Waals surface area contributed by atoms with Crippen molar-refractivity contribution in [1.82, 2.24) is 5.32 Å². The Labute approximate surface area is 130 Å². The molecule has 20 heavy (non-hydrogen) atoms. The zero-order valence-electron chi connectivity index (χ0n) is 11.9. The zero-order valence-corrected chi connectivity index (χ0v) is 13.4. The summed E-state index contributed by atoms with van der Waals surface area (Å²) >= 11 is 12.6. The summed E-state index contributed by atoms with van der Waals surface area (Å²) in [5, 5.41) is 4.76. The smallest absolute Gasteiger partial charge is 0.138 e. The predicted octanol–water partition coefficient (Wildman–Crippen LogP) is 4.22. The Morgan fingerprint density at radius 2 is 2.20 bits per heavy atom. The van der Waals surface area contributed by atoms with Crippen LogP contribution in [0, 0.1) is 0 Å². The minimum absolute atomic E-state index is 0.0772. The molecule has 3 nitrogen and oxygen atoms in total. The fraction of sp³-hybridized carbons (Fsp3) is 0.600. The van der Waals surface area contributed by atoms with Crippen molar-refractivity contribution >= 4 is 23.2 Å². The van der Waals surface area contributed by atoms with Crippen LogP contribution >= 0.6 is 23.2 Å². The van der Waals surface area contributed by atoms with E-state index in [1.165, 1.54) is 0 Å². The van der Waals surface area contributed by atoms with Crippen LogP contribution in [0.2, 0.25) is 10.0 Å². The molecule has 0 amide bonds. The van der Waals surface area contributed by atoms with Gasteiger partial charge in [0.05, 0.1) is 24.3 Å². The summed E-state index contributed by atoms with van der Waals surface area (Å²) in [6.45, 7) is 3.88. The van der Waals surface area contributed by atoms with Crippen molar-refractivity contribution in [2.75, 3.05) is 20.3 Å². The van der Waals surface area contributed by atoms with Crippen LogP contribution in [-0.2, 0) is 4.74 Å². The van der Waals surface area contributed by atoms with Gasteiger partial charge in [-0.25, -0.2) is 0 Å². The molecule has 1 aromatic carbocycles. The van der Waals surface area contributed by atoms with Crippen molar-refractivity contribution in [1.29, 1.82) is 0 Å². The summed E-state index contributed by atoms with van der Waals surface area (Å²) < 4.78 is 11.0. The normalized spacial score (nSPS) is 20.1. The Kier molecular flexibility index (Phi) is 5.97. The van der Waals surface area contributed by atoms with Gasteiger partial charge in [0, 0.05) is 17.7 Å². The van der Waals surface area contributed by atoms with E-state index in [1.54, 1.807) is 13.2 Å². The quantitative estimate of drug-likeness (QED) is 0.852. The molecule has 0 bridgehead atoms. The summed E-state index contributed by atoms with van der Waals surface area (Å²) in [4.78, 5) is 0. The maximum atomic E-state index is 6.40. The molecule has 0 aliphatic carbocycles. The Morgan fingerprint density at radius 1 is 1.40 bits per heavy atom. The lowest BCUT2D eigenvalue weighted by atomic mass is 9.98. The summed E-state index contributed by atoms with van der Waals surface area (Å²) in [6, 6.07) is 3.74. The minimum Gasteiger partial charge on any atom is -0.495 e. The Hall–Kier alpha value is -0.480. The van der Waals surface area contributed by atoms with Crippen molar-refractivity contribution in [3.05, 3.63) is 27.7 Å². The van der Waals surface area contributed by atoms with Crippen LogP contribution < -0.4 is 10.1 Å². The number of methoxy groups -OCH3 is 1. The van der Waals surface area contributed by atoms with E-state index in [9.17, 15) is 0 Å². The van der Waals surface area contributed by atoms with Gasteiger partial charge in [0.25, 0.3) is 0 Å². The van der Waals surface area contributed by atoms with Gasteiger partial charge in [-0.15, -0.1) is 0 Å². The maximum Gasteiger partial charge on any atom is 0.138 e. The highest BCUT2D eigenvalue weighted by molar-refractivity contribution is 6.34. The average molecular weight is 318 g/mol. The van der Waals surface area contributed by atoms with Gasteiger partial charge in [0.1, 0.15) is 5.75 Å². The molecular formula is C15H21Cl2NO2. The highest BCUT2D eigenvalue weighted by atomic mass is 35.5. The van der Waals surface area contributed by atoms with Gasteiger partial charge < -0.3 is 14.8 Å². The van der Waals surface area contributed by atoms with Crippen LogP contribution in [0.25, 0.3) is 0 Å². The first kappa shape index (κ1) is 15.9. The van der Waals surface area contributed by atoms with E-state index in [0.29, 0.717) is 15.8 Å². The molecule has 0 spiro atoms. The van der Waals surface area contributed by atoms with E-state index in [4.69, 9.17) is 32.7 Å². The standard InChI is InChI=1S/C15H21Cl2NO2/c1-3-6-18-15(13-5-4-7-20-13)10-8-12(17)14(19-2)9-11(10)16/h8-9,13,15,18H,3-7H2,1-2H3. The van der Waals surface area contributed by atoms with Crippen molar-refractivity contribution in [2.45, 2.75) is 38.3 Å². The van der Waals surface area contributed by atoms with E-state index in [1.807, 2.05) is 6.07 Å². The van der Waals surface area contributed by atoms with E-state index in [2.05, 4.69) is 12.2 Å². The van der Waals surface area contributed by atoms with E-state index in [-0.39, 0.29) is 12.1 Å². The SMILES string of the molecule is CCCNC(c1cc(Cl)c(OC)cc1Cl)C1CCCO1. The number of benzene rings is 1. The van der Waals surface area contributed by atoms with Gasteiger partial charge in [-0.3, -0.25) is 0 Å². The van der Waals surface area contributed by atoms with Gasteiger partial charge in [-0.2, -0.15) is 0 Å². The molecule has 2 atom stereocenters. The number of hydrogen-bond donors (Lipinski definition) is 1. The number of halogens is 2. The van der Waals surface area contributed by atoms with Gasteiger partial charge in [0.2, 0.25) is 0 Å². The Bertz CT molecular complexity index is 448. The predicted molar refractivity (Wildman–Crippen MR) is 83.0 cm³/mol. The molecular weight excluding hydrogens is 297 g/mol. The van der Waals surface area contributed by atoms with Gasteiger partial charge in [-0.05, 0) is 37.4 Å². The Balaban J connectivity index is 2.29. The molecule has 0 aromatic heterocycles. The molecule has 0 saturated carbocycles. The van der Waals surface area contributed by atoms with Crippen LogP contribution in [0.3, 0.4) is 0 Å². The molecule has 1 aliphatic heterocycles. The second-order valence-corrected chi connectivity index (χ2v) is 5.81. The van der Waals surface area contributed by atoms with Crippen LogP contribution in [0.15, 0.2) is 12.1 Å². The molecule has 1 heterocycles. The topological polar surface area (TPSA) is 30.5 Å². The molecule has 0 radical (unpaired) electrons. The fourth-order valence-corrected chi connectivity index (χ4v) is 3.07. The van der Waals surface area contributed by atoms with Crippen LogP contribution in [0.4, 0.5) is 0 Å². The molecule has 1 saturated heterocycles. The second-order valence-electron chi connectivity index (χ2n) is 4.99. The molecule has 2 rings (SSSR count). The van der Waals surface area contributed by atoms with Crippen LogP contribution in [0.5, 0.6) is 5.75 Å². The monoisotopic (exact) mass is 317 g/mol. The first-order valence-corrected chi connectivity index (χ1v) is 7.80. The third kappa shape index (κ3) is 3.59. The summed E-state index contributed by atoms with van der Waals surface area (Å²) in [6.07, 6.45) is 3.35. The third-order valence-electron chi connectivity index (χ3n) is 3.56. The van der Waals surface area contributed by atoms with Crippen molar-refractivity contribution in [2.24, 2.45) is 0 Å². The number of hydrogen-bond acceptors (Lipinski definition) is 3. The highest BCUT2D eigenvalue weighted by Crippen LogP contribution is 2.37. The summed E-state index contributed by atoms with van der Waals surface area (Å²) in [5.41, 5.74) is 0.984. The van der Waals surface area contributed by atoms with Crippen molar-refractivity contribution in [3.63, 3.8) is 0 Å². The zero-order chi connectivity index (χ0) is 14.5. The molecule has 5 heteroatoms. The molecule has 2 unspecified atom stereocenters. The lowest BCUT2D eigenvalue weighted by Crippen LogP contribution is -2.32. The first-order chi connectivity index (χ1) is 9.67. The lowest BCUT2D eigenvalue weighted by Gasteiger charge is -2.26. The fourth-order valence-electron chi connectivity index (χ4n) is 2.55. The third-order valence-corrected chi connectivity index (χ3v) is 4.18. The van der Waals surface area contributed by atoms with Crippen molar-refractivity contribution < 1.29 is 9.47 Å². The first-order valence-electron chi connectivity index (χ1n) is 7.05. The van der Waals surface area contributed by atoms with Gasteiger partial charge >= 0.3 is 0 Å². The number of rotatable bonds is 6. The molecule has 1 fully saturated rings.